The van der Waals surface area contributed by atoms with Crippen LogP contribution in [0.2, 0.25) is 58.9 Å². The number of rotatable bonds is 7. The molecule has 0 saturated heterocycles. The summed E-state index contributed by atoms with van der Waals surface area (Å²) in [5.41, 5.74) is 1.74. The summed E-state index contributed by atoms with van der Waals surface area (Å²) in [5.74, 6) is 0. The molecule has 1 aromatic rings. The van der Waals surface area contributed by atoms with Gasteiger partial charge in [0.1, 0.15) is 7.27 Å². The van der Waals surface area contributed by atoms with Crippen LogP contribution in [0.1, 0.15) is 32.1 Å². The van der Waals surface area contributed by atoms with E-state index in [-0.39, 0.29) is 11.3 Å². The Labute approximate surface area is 167 Å². The molecule has 0 radical (unpaired) electrons. The number of hydrogen-bond acceptors (Lipinski definition) is 2. The standard InChI is InChI=1S/C20H43NOSi4/c1-20(2,3)21-26(24(7,8)9,25(10,11)12)19(22-23(4,5)6)18-16-14-13-15-17-18/h13-17,19,21H,1-12H3. The smallest absolute Gasteiger partial charge is 0.184 e. The molecule has 0 aliphatic heterocycles. The average Bonchev–Trinajstić information content (AvgIpc) is 2.38. The van der Waals surface area contributed by atoms with Gasteiger partial charge in [-0.2, -0.15) is 0 Å². The summed E-state index contributed by atoms with van der Waals surface area (Å²) in [6.45, 7) is 29.5. The van der Waals surface area contributed by atoms with Crippen molar-refractivity contribution in [1.29, 1.82) is 0 Å². The molecule has 0 aliphatic carbocycles. The molecule has 1 unspecified atom stereocenters. The van der Waals surface area contributed by atoms with Gasteiger partial charge in [-0.3, -0.25) is 0 Å². The number of nitrogens with one attached hydrogen (secondary N) is 1. The third kappa shape index (κ3) is 5.75. The Morgan fingerprint density at radius 3 is 1.50 bits per heavy atom. The molecule has 0 aliphatic rings. The van der Waals surface area contributed by atoms with E-state index in [1.807, 2.05) is 0 Å². The van der Waals surface area contributed by atoms with Gasteiger partial charge in [0.25, 0.3) is 0 Å². The van der Waals surface area contributed by atoms with E-state index in [0.717, 1.165) is 0 Å². The van der Waals surface area contributed by atoms with Gasteiger partial charge in [0.05, 0.1) is 20.9 Å². The van der Waals surface area contributed by atoms with E-state index >= 15 is 0 Å². The van der Waals surface area contributed by atoms with Crippen LogP contribution in [0.3, 0.4) is 0 Å². The maximum Gasteiger partial charge on any atom is 0.184 e. The zero-order valence-electron chi connectivity index (χ0n) is 19.4. The maximum atomic E-state index is 7.10. The summed E-state index contributed by atoms with van der Waals surface area (Å²) >= 11 is 0. The fourth-order valence-electron chi connectivity index (χ4n) is 4.33. The van der Waals surface area contributed by atoms with E-state index in [4.69, 9.17) is 4.43 Å². The van der Waals surface area contributed by atoms with Crippen molar-refractivity contribution in [2.45, 2.75) is 91.0 Å². The zero-order chi connectivity index (χ0) is 20.6. The van der Waals surface area contributed by atoms with E-state index < -0.39 is 30.8 Å². The number of benzene rings is 1. The van der Waals surface area contributed by atoms with Crippen molar-refractivity contribution in [3.05, 3.63) is 35.9 Å². The van der Waals surface area contributed by atoms with Crippen LogP contribution in [-0.4, -0.2) is 36.3 Å². The van der Waals surface area contributed by atoms with Gasteiger partial charge in [-0.25, -0.2) is 0 Å². The van der Waals surface area contributed by atoms with Crippen molar-refractivity contribution in [3.63, 3.8) is 0 Å². The minimum absolute atomic E-state index is 0.0998. The molecule has 1 aromatic carbocycles. The van der Waals surface area contributed by atoms with Crippen LogP contribution in [0.4, 0.5) is 0 Å². The fraction of sp³-hybridized carbons (Fsp3) is 0.700. The molecule has 0 bridgehead atoms. The highest BCUT2D eigenvalue weighted by molar-refractivity contribution is 7.68. The third-order valence-electron chi connectivity index (χ3n) is 4.91. The molecular formula is C20H43NOSi4. The summed E-state index contributed by atoms with van der Waals surface area (Å²) in [6.07, 6.45) is 0. The molecule has 0 fully saturated rings. The van der Waals surface area contributed by atoms with Gasteiger partial charge in [-0.1, -0.05) is 69.6 Å². The van der Waals surface area contributed by atoms with E-state index in [1.54, 1.807) is 0 Å². The van der Waals surface area contributed by atoms with Gasteiger partial charge in [0, 0.05) is 5.54 Å². The van der Waals surface area contributed by atoms with Gasteiger partial charge >= 0.3 is 0 Å². The average molecular weight is 426 g/mol. The molecule has 0 heterocycles. The van der Waals surface area contributed by atoms with Crippen molar-refractivity contribution >= 4 is 30.8 Å². The molecule has 0 saturated carbocycles. The highest BCUT2D eigenvalue weighted by Crippen LogP contribution is 2.42. The maximum absolute atomic E-state index is 7.10. The molecule has 0 spiro atoms. The van der Waals surface area contributed by atoms with Crippen molar-refractivity contribution < 1.29 is 4.43 Å². The van der Waals surface area contributed by atoms with Crippen LogP contribution >= 0.6 is 0 Å². The lowest BCUT2D eigenvalue weighted by Crippen LogP contribution is -2.85. The molecule has 2 nitrogen and oxygen atoms in total. The van der Waals surface area contributed by atoms with Crippen LogP contribution in [0, 0.1) is 0 Å². The Morgan fingerprint density at radius 1 is 0.769 bits per heavy atom. The summed E-state index contributed by atoms with van der Waals surface area (Å²) in [7, 11) is -6.76. The monoisotopic (exact) mass is 425 g/mol. The Kier molecular flexibility index (Phi) is 7.21. The lowest BCUT2D eigenvalue weighted by Gasteiger charge is -2.58. The predicted molar refractivity (Wildman–Crippen MR) is 129 cm³/mol. The van der Waals surface area contributed by atoms with E-state index in [2.05, 4.69) is 115 Å². The van der Waals surface area contributed by atoms with Crippen molar-refractivity contribution in [1.82, 2.24) is 4.98 Å². The van der Waals surface area contributed by atoms with Crippen LogP contribution in [0.15, 0.2) is 30.3 Å². The van der Waals surface area contributed by atoms with Crippen LogP contribution < -0.4 is 4.98 Å². The second kappa shape index (κ2) is 7.79. The minimum atomic E-state index is -1.97. The Bertz CT molecular complexity index is 563. The SMILES string of the molecule is CC(C)(C)N[Si](C(O[Si](C)(C)C)c1ccccc1)([Si](C)(C)C)[Si](C)(C)C. The molecule has 1 N–H and O–H groups in total. The molecular weight excluding hydrogens is 383 g/mol. The first-order valence-corrected chi connectivity index (χ1v) is 24.4. The predicted octanol–water partition coefficient (Wildman–Crippen LogP) is 6.29. The van der Waals surface area contributed by atoms with E-state index in [1.165, 1.54) is 5.56 Å². The van der Waals surface area contributed by atoms with E-state index in [0.29, 0.717) is 0 Å². The number of hydrogen-bond donors (Lipinski definition) is 1. The quantitative estimate of drug-likeness (QED) is 0.518. The molecule has 26 heavy (non-hydrogen) atoms. The summed E-state index contributed by atoms with van der Waals surface area (Å²) in [6, 6.07) is 11.1. The summed E-state index contributed by atoms with van der Waals surface area (Å²) in [4.78, 5) is 4.33. The van der Waals surface area contributed by atoms with Gasteiger partial charge in [0.2, 0.25) is 0 Å². The summed E-state index contributed by atoms with van der Waals surface area (Å²) < 4.78 is 7.10. The lowest BCUT2D eigenvalue weighted by molar-refractivity contribution is 0.266. The molecule has 6 heteroatoms. The molecule has 150 valence electrons. The fourth-order valence-corrected chi connectivity index (χ4v) is 51.8. The second-order valence-corrected chi connectivity index (χ2v) is 42.8. The van der Waals surface area contributed by atoms with Gasteiger partial charge in [0.15, 0.2) is 8.32 Å². The van der Waals surface area contributed by atoms with Crippen LogP contribution in [0.25, 0.3) is 0 Å². The molecule has 0 aromatic heterocycles. The first-order chi connectivity index (χ1) is 11.4. The molecule has 1 atom stereocenters. The first kappa shape index (κ1) is 24.0. The highest BCUT2D eigenvalue weighted by atomic mass is 29.6. The molecule has 1 rings (SSSR count). The Hall–Kier alpha value is 0.00753. The van der Waals surface area contributed by atoms with Crippen LogP contribution in [0.5, 0.6) is 0 Å². The van der Waals surface area contributed by atoms with Crippen molar-refractivity contribution in [2.24, 2.45) is 0 Å². The second-order valence-electron chi connectivity index (χ2n) is 11.7. The normalized spacial score (nSPS) is 15.8. The minimum Gasteiger partial charge on any atom is -0.412 e. The third-order valence-corrected chi connectivity index (χ3v) is 43.2. The first-order valence-electron chi connectivity index (χ1n) is 9.93. The van der Waals surface area contributed by atoms with Gasteiger partial charge in [-0.15, -0.1) is 0 Å². The van der Waals surface area contributed by atoms with Gasteiger partial charge < -0.3 is 9.41 Å². The van der Waals surface area contributed by atoms with Gasteiger partial charge in [-0.05, 0) is 46.0 Å². The summed E-state index contributed by atoms with van der Waals surface area (Å²) in [5, 5.41) is 0. The Balaban J connectivity index is 3.81. The van der Waals surface area contributed by atoms with Crippen LogP contribution in [-0.2, 0) is 4.43 Å². The van der Waals surface area contributed by atoms with Crippen molar-refractivity contribution in [2.75, 3.05) is 0 Å². The topological polar surface area (TPSA) is 21.3 Å². The lowest BCUT2D eigenvalue weighted by atomic mass is 10.1. The largest absolute Gasteiger partial charge is 0.412 e. The molecule has 0 amide bonds. The van der Waals surface area contributed by atoms with Crippen molar-refractivity contribution in [3.8, 4) is 0 Å². The zero-order valence-corrected chi connectivity index (χ0v) is 23.4. The highest BCUT2D eigenvalue weighted by Gasteiger charge is 2.62. The van der Waals surface area contributed by atoms with E-state index in [9.17, 15) is 0 Å². The Morgan fingerprint density at radius 2 is 1.19 bits per heavy atom.